The summed E-state index contributed by atoms with van der Waals surface area (Å²) in [5.41, 5.74) is 0. The van der Waals surface area contributed by atoms with Crippen LogP contribution in [0.25, 0.3) is 0 Å². The SMILES string of the molecule is COCCNC(=S)NCC1CCC(C)C1. The summed E-state index contributed by atoms with van der Waals surface area (Å²) >= 11 is 5.15. The minimum atomic E-state index is 0.697. The molecule has 1 aliphatic rings. The normalized spacial score (nSPS) is 25.2. The van der Waals surface area contributed by atoms with Gasteiger partial charge in [0.2, 0.25) is 0 Å². The standard InChI is InChI=1S/C11H22N2OS/c1-9-3-4-10(7-9)8-13-11(15)12-5-6-14-2/h9-10H,3-8H2,1-2H3,(H2,12,13,15). The molecule has 0 heterocycles. The zero-order valence-corrected chi connectivity index (χ0v) is 10.5. The lowest BCUT2D eigenvalue weighted by atomic mass is 10.1. The second kappa shape index (κ2) is 7.01. The van der Waals surface area contributed by atoms with E-state index < -0.39 is 0 Å². The number of hydrogen-bond acceptors (Lipinski definition) is 2. The van der Waals surface area contributed by atoms with Crippen molar-refractivity contribution in [1.82, 2.24) is 10.6 Å². The molecule has 1 rings (SSSR count). The average Bonchev–Trinajstić information content (AvgIpc) is 2.62. The first-order valence-electron chi connectivity index (χ1n) is 5.73. The van der Waals surface area contributed by atoms with Gasteiger partial charge in [0.05, 0.1) is 6.61 Å². The summed E-state index contributed by atoms with van der Waals surface area (Å²) in [6.45, 7) is 4.82. The highest BCUT2D eigenvalue weighted by atomic mass is 32.1. The van der Waals surface area contributed by atoms with E-state index in [-0.39, 0.29) is 0 Å². The third-order valence-corrected chi connectivity index (χ3v) is 3.24. The van der Waals surface area contributed by atoms with Gasteiger partial charge in [0, 0.05) is 20.2 Å². The zero-order chi connectivity index (χ0) is 11.1. The molecule has 4 heteroatoms. The van der Waals surface area contributed by atoms with Gasteiger partial charge in [-0.25, -0.2) is 0 Å². The van der Waals surface area contributed by atoms with Crippen molar-refractivity contribution in [2.45, 2.75) is 26.2 Å². The molecule has 0 aromatic carbocycles. The van der Waals surface area contributed by atoms with E-state index in [1.54, 1.807) is 7.11 Å². The largest absolute Gasteiger partial charge is 0.383 e. The van der Waals surface area contributed by atoms with Crippen molar-refractivity contribution >= 4 is 17.3 Å². The molecule has 0 spiro atoms. The number of rotatable bonds is 5. The fourth-order valence-electron chi connectivity index (χ4n) is 2.08. The number of nitrogens with one attached hydrogen (secondary N) is 2. The van der Waals surface area contributed by atoms with Crippen LogP contribution < -0.4 is 10.6 Å². The number of methoxy groups -OCH3 is 1. The van der Waals surface area contributed by atoms with E-state index in [0.717, 1.165) is 30.0 Å². The second-order valence-corrected chi connectivity index (χ2v) is 4.82. The van der Waals surface area contributed by atoms with Crippen molar-refractivity contribution in [2.24, 2.45) is 11.8 Å². The van der Waals surface area contributed by atoms with Crippen LogP contribution in [0.5, 0.6) is 0 Å². The molecule has 0 amide bonds. The molecule has 0 radical (unpaired) electrons. The van der Waals surface area contributed by atoms with Crippen molar-refractivity contribution in [3.05, 3.63) is 0 Å². The quantitative estimate of drug-likeness (QED) is 0.554. The van der Waals surface area contributed by atoms with Gasteiger partial charge in [-0.1, -0.05) is 13.3 Å². The maximum absolute atomic E-state index is 5.15. The van der Waals surface area contributed by atoms with Crippen LogP contribution in [0.15, 0.2) is 0 Å². The molecule has 0 bridgehead atoms. The van der Waals surface area contributed by atoms with Crippen LogP contribution in [0, 0.1) is 11.8 Å². The summed E-state index contributed by atoms with van der Waals surface area (Å²) in [6, 6.07) is 0. The van der Waals surface area contributed by atoms with Crippen molar-refractivity contribution in [2.75, 3.05) is 26.8 Å². The highest BCUT2D eigenvalue weighted by Gasteiger charge is 2.20. The Balaban J connectivity index is 2.01. The summed E-state index contributed by atoms with van der Waals surface area (Å²) < 4.78 is 4.93. The first kappa shape index (κ1) is 12.7. The summed E-state index contributed by atoms with van der Waals surface area (Å²) in [6.07, 6.45) is 4.05. The lowest BCUT2D eigenvalue weighted by Crippen LogP contribution is -2.39. The molecule has 3 nitrogen and oxygen atoms in total. The van der Waals surface area contributed by atoms with Gasteiger partial charge in [0.15, 0.2) is 5.11 Å². The molecule has 1 fully saturated rings. The van der Waals surface area contributed by atoms with Crippen molar-refractivity contribution in [3.63, 3.8) is 0 Å². The van der Waals surface area contributed by atoms with Crippen LogP contribution >= 0.6 is 12.2 Å². The molecule has 15 heavy (non-hydrogen) atoms. The van der Waals surface area contributed by atoms with Crippen LogP contribution in [-0.4, -0.2) is 31.9 Å². The Hall–Kier alpha value is -0.350. The van der Waals surface area contributed by atoms with Gasteiger partial charge in [0.1, 0.15) is 0 Å². The van der Waals surface area contributed by atoms with Crippen molar-refractivity contribution in [3.8, 4) is 0 Å². The molecule has 2 atom stereocenters. The Bertz CT molecular complexity index is 199. The average molecular weight is 230 g/mol. The molecule has 0 aliphatic heterocycles. The predicted octanol–water partition coefficient (Wildman–Crippen LogP) is 1.53. The molecule has 0 saturated heterocycles. The van der Waals surface area contributed by atoms with Gasteiger partial charge in [-0.2, -0.15) is 0 Å². The smallest absolute Gasteiger partial charge is 0.166 e. The summed E-state index contributed by atoms with van der Waals surface area (Å²) in [7, 11) is 1.69. The number of hydrogen-bond donors (Lipinski definition) is 2. The van der Waals surface area contributed by atoms with E-state index in [4.69, 9.17) is 17.0 Å². The van der Waals surface area contributed by atoms with E-state index in [0.29, 0.717) is 6.61 Å². The van der Waals surface area contributed by atoms with Gasteiger partial charge in [-0.3, -0.25) is 0 Å². The lowest BCUT2D eigenvalue weighted by Gasteiger charge is -2.14. The van der Waals surface area contributed by atoms with Crippen LogP contribution in [0.2, 0.25) is 0 Å². The first-order chi connectivity index (χ1) is 7.22. The van der Waals surface area contributed by atoms with Crippen molar-refractivity contribution < 1.29 is 4.74 Å². The summed E-state index contributed by atoms with van der Waals surface area (Å²) in [5.74, 6) is 1.70. The Morgan fingerprint density at radius 1 is 1.40 bits per heavy atom. The first-order valence-corrected chi connectivity index (χ1v) is 6.13. The van der Waals surface area contributed by atoms with Gasteiger partial charge in [-0.15, -0.1) is 0 Å². The zero-order valence-electron chi connectivity index (χ0n) is 9.71. The summed E-state index contributed by atoms with van der Waals surface area (Å²) in [5, 5.41) is 7.14. The maximum Gasteiger partial charge on any atom is 0.166 e. The molecule has 2 unspecified atom stereocenters. The molecule has 1 saturated carbocycles. The van der Waals surface area contributed by atoms with E-state index in [1.807, 2.05) is 0 Å². The molecule has 0 aromatic heterocycles. The molecule has 0 aromatic rings. The molecule has 88 valence electrons. The lowest BCUT2D eigenvalue weighted by molar-refractivity contribution is 0.204. The van der Waals surface area contributed by atoms with Crippen LogP contribution in [-0.2, 0) is 4.74 Å². The molecular formula is C11H22N2OS. The third kappa shape index (κ3) is 5.33. The molecule has 2 N–H and O–H groups in total. The highest BCUT2D eigenvalue weighted by Crippen LogP contribution is 2.29. The van der Waals surface area contributed by atoms with Crippen LogP contribution in [0.4, 0.5) is 0 Å². The topological polar surface area (TPSA) is 33.3 Å². The molecular weight excluding hydrogens is 208 g/mol. The Kier molecular flexibility index (Phi) is 5.95. The highest BCUT2D eigenvalue weighted by molar-refractivity contribution is 7.80. The van der Waals surface area contributed by atoms with Gasteiger partial charge in [0.25, 0.3) is 0 Å². The van der Waals surface area contributed by atoms with Crippen molar-refractivity contribution in [1.29, 1.82) is 0 Å². The van der Waals surface area contributed by atoms with E-state index in [9.17, 15) is 0 Å². The van der Waals surface area contributed by atoms with Gasteiger partial charge in [-0.05, 0) is 36.9 Å². The third-order valence-electron chi connectivity index (χ3n) is 2.95. The monoisotopic (exact) mass is 230 g/mol. The number of ether oxygens (including phenoxy) is 1. The van der Waals surface area contributed by atoms with E-state index in [2.05, 4.69) is 17.6 Å². The Morgan fingerprint density at radius 2 is 2.20 bits per heavy atom. The summed E-state index contributed by atoms with van der Waals surface area (Å²) in [4.78, 5) is 0. The molecule has 1 aliphatic carbocycles. The van der Waals surface area contributed by atoms with E-state index >= 15 is 0 Å². The van der Waals surface area contributed by atoms with Gasteiger partial charge >= 0.3 is 0 Å². The van der Waals surface area contributed by atoms with Crippen LogP contribution in [0.1, 0.15) is 26.2 Å². The maximum atomic E-state index is 5.15. The van der Waals surface area contributed by atoms with E-state index in [1.165, 1.54) is 19.3 Å². The number of thiocarbonyl (C=S) groups is 1. The minimum Gasteiger partial charge on any atom is -0.383 e. The minimum absolute atomic E-state index is 0.697. The van der Waals surface area contributed by atoms with Crippen LogP contribution in [0.3, 0.4) is 0 Å². The Labute approximate surface area is 98.0 Å². The fraction of sp³-hybridized carbons (Fsp3) is 0.909. The predicted molar refractivity (Wildman–Crippen MR) is 67.0 cm³/mol. The fourth-order valence-corrected chi connectivity index (χ4v) is 2.26. The second-order valence-electron chi connectivity index (χ2n) is 4.41. The van der Waals surface area contributed by atoms with Gasteiger partial charge < -0.3 is 15.4 Å². The Morgan fingerprint density at radius 3 is 2.80 bits per heavy atom.